The Morgan fingerprint density at radius 2 is 2.06 bits per heavy atom. The minimum Gasteiger partial charge on any atom is -0.363 e. The van der Waals surface area contributed by atoms with Crippen molar-refractivity contribution in [3.63, 3.8) is 0 Å². The summed E-state index contributed by atoms with van der Waals surface area (Å²) in [5, 5.41) is 11.0. The molecular weight excluding hydrogens is 235 g/mol. The van der Waals surface area contributed by atoms with Crippen molar-refractivity contribution in [3.8, 4) is 0 Å². The summed E-state index contributed by atoms with van der Waals surface area (Å²) in [5.74, 6) is -0.104. The summed E-state index contributed by atoms with van der Waals surface area (Å²) in [4.78, 5) is 12.5. The minimum atomic E-state index is -0.737. The number of hydrogen-bond donors (Lipinski definition) is 0. The molecule has 0 radical (unpaired) electrons. The molecule has 2 aliphatic rings. The van der Waals surface area contributed by atoms with Crippen molar-refractivity contribution in [3.05, 3.63) is 34.1 Å². The number of nitro benzene ring substituents is 1. The molecule has 0 aliphatic heterocycles. The Morgan fingerprint density at radius 3 is 2.61 bits per heavy atom. The first kappa shape index (κ1) is 11.4. The van der Waals surface area contributed by atoms with Crippen LogP contribution in [0.1, 0.15) is 25.7 Å². The van der Waals surface area contributed by atoms with Crippen LogP contribution in [-0.2, 0) is 0 Å². The number of anilines is 1. The molecule has 0 aromatic heterocycles. The Balaban J connectivity index is 1.96. The molecule has 0 atom stereocenters. The van der Waals surface area contributed by atoms with Gasteiger partial charge in [-0.05, 0) is 43.7 Å². The van der Waals surface area contributed by atoms with Gasteiger partial charge in [0.1, 0.15) is 5.69 Å². The second-order valence-electron chi connectivity index (χ2n) is 5.19. The van der Waals surface area contributed by atoms with Crippen LogP contribution in [0, 0.1) is 21.8 Å². The fourth-order valence-corrected chi connectivity index (χ4v) is 2.33. The third-order valence-corrected chi connectivity index (χ3v) is 3.60. The lowest BCUT2D eigenvalue weighted by Crippen LogP contribution is -2.28. The molecule has 0 amide bonds. The largest absolute Gasteiger partial charge is 0.363 e. The van der Waals surface area contributed by atoms with Crippen molar-refractivity contribution in [1.82, 2.24) is 0 Å². The molecular formula is C13H15FN2O2. The molecule has 0 spiro atoms. The summed E-state index contributed by atoms with van der Waals surface area (Å²) in [7, 11) is 0. The fraction of sp³-hybridized carbons (Fsp3) is 0.538. The third kappa shape index (κ3) is 2.17. The average Bonchev–Trinajstić information content (AvgIpc) is 3.17. The lowest BCUT2D eigenvalue weighted by Gasteiger charge is -2.24. The normalized spacial score (nSPS) is 18.7. The molecule has 1 aromatic carbocycles. The predicted octanol–water partition coefficient (Wildman–Crippen LogP) is 3.11. The van der Waals surface area contributed by atoms with E-state index >= 15 is 0 Å². The summed E-state index contributed by atoms with van der Waals surface area (Å²) in [6, 6.07) is 4.75. The highest BCUT2D eigenvalue weighted by Gasteiger charge is 2.37. The zero-order valence-corrected chi connectivity index (χ0v) is 10.0. The highest BCUT2D eigenvalue weighted by Crippen LogP contribution is 2.41. The SMILES string of the molecule is O=[N+]([O-])c1c(F)cccc1N(CC1CC1)C1CC1. The van der Waals surface area contributed by atoms with Gasteiger partial charge in [-0.2, -0.15) is 4.39 Å². The highest BCUT2D eigenvalue weighted by atomic mass is 19.1. The lowest BCUT2D eigenvalue weighted by atomic mass is 10.2. The van der Waals surface area contributed by atoms with E-state index in [1.807, 2.05) is 4.90 Å². The molecule has 2 saturated carbocycles. The Labute approximate surface area is 105 Å². The maximum absolute atomic E-state index is 13.6. The first-order chi connectivity index (χ1) is 8.66. The van der Waals surface area contributed by atoms with Gasteiger partial charge >= 0.3 is 5.69 Å². The minimum absolute atomic E-state index is 0.367. The van der Waals surface area contributed by atoms with Crippen molar-refractivity contribution in [2.45, 2.75) is 31.7 Å². The average molecular weight is 250 g/mol. The summed E-state index contributed by atoms with van der Waals surface area (Å²) in [6.45, 7) is 0.828. The molecule has 0 unspecified atom stereocenters. The monoisotopic (exact) mass is 250 g/mol. The maximum Gasteiger partial charge on any atom is 0.327 e. The van der Waals surface area contributed by atoms with Crippen molar-refractivity contribution in [2.24, 2.45) is 5.92 Å². The van der Waals surface area contributed by atoms with Crippen LogP contribution in [0.15, 0.2) is 18.2 Å². The van der Waals surface area contributed by atoms with Crippen molar-refractivity contribution in [2.75, 3.05) is 11.4 Å². The van der Waals surface area contributed by atoms with Crippen LogP contribution >= 0.6 is 0 Å². The van der Waals surface area contributed by atoms with Crippen molar-refractivity contribution in [1.29, 1.82) is 0 Å². The molecule has 0 bridgehead atoms. The molecule has 2 aliphatic carbocycles. The van der Waals surface area contributed by atoms with Crippen LogP contribution < -0.4 is 4.90 Å². The zero-order chi connectivity index (χ0) is 12.7. The zero-order valence-electron chi connectivity index (χ0n) is 10.0. The van der Waals surface area contributed by atoms with E-state index in [0.717, 1.165) is 25.5 Å². The topological polar surface area (TPSA) is 46.4 Å². The van der Waals surface area contributed by atoms with E-state index in [-0.39, 0.29) is 5.69 Å². The number of nitro groups is 1. The highest BCUT2D eigenvalue weighted by molar-refractivity contribution is 5.65. The fourth-order valence-electron chi connectivity index (χ4n) is 2.33. The van der Waals surface area contributed by atoms with E-state index in [1.54, 1.807) is 12.1 Å². The number of halogens is 1. The van der Waals surface area contributed by atoms with Crippen LogP contribution in [0.5, 0.6) is 0 Å². The van der Waals surface area contributed by atoms with E-state index in [0.29, 0.717) is 17.6 Å². The van der Waals surface area contributed by atoms with Crippen molar-refractivity contribution < 1.29 is 9.31 Å². The number of nitrogens with zero attached hydrogens (tertiary/aromatic N) is 2. The predicted molar refractivity (Wildman–Crippen MR) is 66.1 cm³/mol. The van der Waals surface area contributed by atoms with Gasteiger partial charge < -0.3 is 4.90 Å². The van der Waals surface area contributed by atoms with Gasteiger partial charge in [-0.25, -0.2) is 0 Å². The summed E-state index contributed by atoms with van der Waals surface area (Å²) >= 11 is 0. The maximum atomic E-state index is 13.6. The smallest absolute Gasteiger partial charge is 0.327 e. The Hall–Kier alpha value is -1.65. The van der Waals surface area contributed by atoms with Gasteiger partial charge in [0.05, 0.1) is 4.92 Å². The molecule has 0 N–H and O–H groups in total. The second-order valence-corrected chi connectivity index (χ2v) is 5.19. The van der Waals surface area contributed by atoms with E-state index in [9.17, 15) is 14.5 Å². The van der Waals surface area contributed by atoms with Gasteiger partial charge in [0.25, 0.3) is 0 Å². The van der Waals surface area contributed by atoms with E-state index in [1.165, 1.54) is 12.8 Å². The van der Waals surface area contributed by atoms with Crippen LogP contribution in [0.4, 0.5) is 15.8 Å². The summed E-state index contributed by atoms with van der Waals surface area (Å²) < 4.78 is 13.6. The molecule has 4 nitrogen and oxygen atoms in total. The van der Waals surface area contributed by atoms with Crippen LogP contribution in [0.3, 0.4) is 0 Å². The number of hydrogen-bond acceptors (Lipinski definition) is 3. The summed E-state index contributed by atoms with van der Waals surface area (Å²) in [5.41, 5.74) is 0.0828. The van der Waals surface area contributed by atoms with E-state index < -0.39 is 10.7 Å². The first-order valence-corrected chi connectivity index (χ1v) is 6.36. The molecule has 1 aromatic rings. The molecule has 96 valence electrons. The standard InChI is InChI=1S/C13H15FN2O2/c14-11-2-1-3-12(13(11)16(17)18)15(10-6-7-10)8-9-4-5-9/h1-3,9-10H,4-8H2. The Bertz CT molecular complexity index is 484. The van der Waals surface area contributed by atoms with Crippen molar-refractivity contribution >= 4 is 11.4 Å². The second kappa shape index (κ2) is 4.23. The van der Waals surface area contributed by atoms with Gasteiger partial charge in [-0.3, -0.25) is 10.1 Å². The summed E-state index contributed by atoms with van der Waals surface area (Å²) in [6.07, 6.45) is 4.49. The molecule has 18 heavy (non-hydrogen) atoms. The third-order valence-electron chi connectivity index (χ3n) is 3.60. The number of benzene rings is 1. The Kier molecular flexibility index (Phi) is 2.69. The van der Waals surface area contributed by atoms with Gasteiger partial charge in [0.2, 0.25) is 5.82 Å². The molecule has 0 saturated heterocycles. The van der Waals surface area contributed by atoms with E-state index in [2.05, 4.69) is 0 Å². The van der Waals surface area contributed by atoms with Gasteiger partial charge in [0.15, 0.2) is 0 Å². The van der Waals surface area contributed by atoms with Crippen LogP contribution in [-0.4, -0.2) is 17.5 Å². The molecule has 0 heterocycles. The van der Waals surface area contributed by atoms with Gasteiger partial charge in [-0.15, -0.1) is 0 Å². The Morgan fingerprint density at radius 1 is 1.33 bits per heavy atom. The van der Waals surface area contributed by atoms with Crippen LogP contribution in [0.25, 0.3) is 0 Å². The molecule has 5 heteroatoms. The van der Waals surface area contributed by atoms with Gasteiger partial charge in [0, 0.05) is 12.6 Å². The number of rotatable bonds is 5. The lowest BCUT2D eigenvalue weighted by molar-refractivity contribution is -0.386. The van der Waals surface area contributed by atoms with Crippen LogP contribution in [0.2, 0.25) is 0 Å². The number of para-hydroxylation sites is 1. The molecule has 3 rings (SSSR count). The van der Waals surface area contributed by atoms with Gasteiger partial charge in [-0.1, -0.05) is 6.07 Å². The van der Waals surface area contributed by atoms with E-state index in [4.69, 9.17) is 0 Å². The molecule has 2 fully saturated rings. The quantitative estimate of drug-likeness (QED) is 0.596. The first-order valence-electron chi connectivity index (χ1n) is 6.36.